The van der Waals surface area contributed by atoms with E-state index in [0.717, 1.165) is 25.0 Å². The first-order chi connectivity index (χ1) is 20.6. The summed E-state index contributed by atoms with van der Waals surface area (Å²) in [5, 5.41) is 39.7. The number of pyridine rings is 3. The summed E-state index contributed by atoms with van der Waals surface area (Å²) in [5.74, 6) is -2.73. The van der Waals surface area contributed by atoms with Gasteiger partial charge in [-0.15, -0.1) is 0 Å². The molecule has 44 heavy (non-hydrogen) atoms. The number of nitrogens with zero attached hydrogens (tertiary/aromatic N) is 3. The minimum atomic E-state index is -0.990. The Hall–Kier alpha value is -4.52. The monoisotopic (exact) mass is 665 g/mol. The van der Waals surface area contributed by atoms with E-state index in [2.05, 4.69) is 25.6 Å². The van der Waals surface area contributed by atoms with Crippen molar-refractivity contribution < 1.29 is 61.8 Å². The van der Waals surface area contributed by atoms with Gasteiger partial charge in [0.05, 0.1) is 12.1 Å². The van der Waals surface area contributed by atoms with Crippen molar-refractivity contribution in [1.82, 2.24) is 25.6 Å². The minimum Gasteiger partial charge on any atom is -0.481 e. The summed E-state index contributed by atoms with van der Waals surface area (Å²) in [7, 11) is 0. The molecule has 6 N–H and O–H groups in total. The number of thioether (sulfide) groups is 1. The number of carboxylic acids is 4. The predicted molar refractivity (Wildman–Crippen MR) is 155 cm³/mol. The maximum absolute atomic E-state index is 11.1. The Morgan fingerprint density at radius 2 is 1.18 bits per heavy atom. The summed E-state index contributed by atoms with van der Waals surface area (Å²) in [5.41, 5.74) is 0.243. The standard InChI is InChI=1S/C10H16N2O3S.3C6H5NO2.Cr/c13-8(14)4-2-1-3-7-9-6(5-16-7)11-10(15)12-9;3*8-6(9)5-3-1-2-4-7-5;/h6-7,9H,1-5H2,(H,13,14)(H2,11,12,15);3*1-4H,(H,8,9);/t6-,7-,9-;;;;/m0..../s1. The summed E-state index contributed by atoms with van der Waals surface area (Å²) in [6, 6.07) is 14.7. The van der Waals surface area contributed by atoms with E-state index in [1.807, 2.05) is 11.8 Å². The van der Waals surface area contributed by atoms with Crippen LogP contribution < -0.4 is 10.6 Å². The van der Waals surface area contributed by atoms with Gasteiger partial charge < -0.3 is 31.1 Å². The first kappa shape index (κ1) is 37.5. The van der Waals surface area contributed by atoms with E-state index < -0.39 is 23.9 Å². The maximum Gasteiger partial charge on any atom is 0.354 e. The van der Waals surface area contributed by atoms with Crippen LogP contribution in [0.5, 0.6) is 0 Å². The topological polar surface area (TPSA) is 229 Å². The maximum atomic E-state index is 11.1. The molecule has 0 unspecified atom stereocenters. The molecule has 0 bridgehead atoms. The normalized spacial score (nSPS) is 17.1. The Labute approximate surface area is 267 Å². The quantitative estimate of drug-likeness (QED) is 0.150. The van der Waals surface area contributed by atoms with Crippen LogP contribution >= 0.6 is 11.8 Å². The first-order valence-electron chi connectivity index (χ1n) is 12.9. The third-order valence-electron chi connectivity index (χ3n) is 5.72. The number of urea groups is 1. The molecule has 2 fully saturated rings. The van der Waals surface area contributed by atoms with Crippen molar-refractivity contribution in [2.75, 3.05) is 5.75 Å². The Balaban J connectivity index is 0.000000303. The molecule has 3 aromatic rings. The van der Waals surface area contributed by atoms with Crippen LogP contribution in [-0.4, -0.2) is 88.4 Å². The second-order valence-electron chi connectivity index (χ2n) is 8.82. The van der Waals surface area contributed by atoms with Crippen LogP contribution in [-0.2, 0) is 22.2 Å². The SMILES string of the molecule is O=C(O)CCCC[C@@H]1SC[C@@H]2NC(=O)N[C@@H]21.O=C(O)c1ccccn1.O=C(O)c1ccccn1.O=C(O)c1ccccn1.[Cr]. The molecule has 0 spiro atoms. The molecule has 0 aromatic carbocycles. The fraction of sp³-hybridized carbons (Fsp3) is 0.286. The van der Waals surface area contributed by atoms with Crippen molar-refractivity contribution in [3.8, 4) is 0 Å². The molecule has 2 amide bonds. The second-order valence-corrected chi connectivity index (χ2v) is 10.1. The Kier molecular flexibility index (Phi) is 17.4. The molecular formula is C28H31CrN5O9S. The fourth-order valence-corrected chi connectivity index (χ4v) is 5.28. The van der Waals surface area contributed by atoms with Gasteiger partial charge in [-0.25, -0.2) is 34.1 Å². The fourth-order valence-electron chi connectivity index (χ4n) is 3.73. The van der Waals surface area contributed by atoms with Crippen molar-refractivity contribution in [2.45, 2.75) is 43.0 Å². The number of aromatic carboxylic acids is 3. The largest absolute Gasteiger partial charge is 0.481 e. The van der Waals surface area contributed by atoms with Crippen LogP contribution in [0.15, 0.2) is 73.2 Å². The van der Waals surface area contributed by atoms with Crippen LogP contribution in [0.4, 0.5) is 4.79 Å². The molecule has 5 heterocycles. The summed E-state index contributed by atoms with van der Waals surface area (Å²) < 4.78 is 0. The van der Waals surface area contributed by atoms with Gasteiger partial charge in [-0.3, -0.25) is 4.79 Å². The van der Waals surface area contributed by atoms with Crippen LogP contribution in [0.2, 0.25) is 0 Å². The predicted octanol–water partition coefficient (Wildman–Crippen LogP) is 3.13. The van der Waals surface area contributed by atoms with Gasteiger partial charge in [0, 0.05) is 53.4 Å². The molecule has 234 valence electrons. The molecule has 0 saturated carbocycles. The number of amides is 2. The van der Waals surface area contributed by atoms with Crippen LogP contribution in [0.3, 0.4) is 0 Å². The molecule has 14 nitrogen and oxygen atoms in total. The van der Waals surface area contributed by atoms with Gasteiger partial charge in [-0.2, -0.15) is 11.8 Å². The molecular weight excluding hydrogens is 634 g/mol. The zero-order chi connectivity index (χ0) is 31.6. The van der Waals surface area contributed by atoms with Crippen LogP contribution in [0.1, 0.15) is 57.1 Å². The van der Waals surface area contributed by atoms with E-state index in [4.69, 9.17) is 20.4 Å². The Bertz CT molecular complexity index is 1220. The third kappa shape index (κ3) is 14.1. The van der Waals surface area contributed by atoms with Crippen LogP contribution in [0, 0.1) is 0 Å². The number of unbranched alkanes of at least 4 members (excludes halogenated alkanes) is 1. The van der Waals surface area contributed by atoms with Gasteiger partial charge in [0.2, 0.25) is 0 Å². The van der Waals surface area contributed by atoms with Gasteiger partial charge >= 0.3 is 29.9 Å². The molecule has 3 atom stereocenters. The van der Waals surface area contributed by atoms with Crippen molar-refractivity contribution in [3.63, 3.8) is 0 Å². The smallest absolute Gasteiger partial charge is 0.354 e. The number of carbonyl (C=O) groups is 5. The van der Waals surface area contributed by atoms with Crippen molar-refractivity contribution >= 4 is 41.7 Å². The number of nitrogens with one attached hydrogen (secondary N) is 2. The third-order valence-corrected chi connectivity index (χ3v) is 7.23. The van der Waals surface area contributed by atoms with Crippen molar-refractivity contribution in [1.29, 1.82) is 0 Å². The summed E-state index contributed by atoms with van der Waals surface area (Å²) in [6.45, 7) is 0. The van der Waals surface area contributed by atoms with E-state index >= 15 is 0 Å². The summed E-state index contributed by atoms with van der Waals surface area (Å²) in [4.78, 5) is 62.6. The molecule has 5 rings (SSSR count). The van der Waals surface area contributed by atoms with E-state index in [1.165, 1.54) is 36.8 Å². The number of carboxylic acid groups (broad SMARTS) is 4. The van der Waals surface area contributed by atoms with E-state index in [-0.39, 0.29) is 59.0 Å². The Morgan fingerprint density at radius 3 is 1.52 bits per heavy atom. The molecule has 2 aliphatic heterocycles. The molecule has 16 heteroatoms. The van der Waals surface area contributed by atoms with E-state index in [1.54, 1.807) is 36.4 Å². The molecule has 0 aliphatic carbocycles. The average molecular weight is 666 g/mol. The molecule has 3 aromatic heterocycles. The second kappa shape index (κ2) is 20.4. The first-order valence-corrected chi connectivity index (χ1v) is 14.0. The van der Waals surface area contributed by atoms with E-state index in [9.17, 15) is 24.0 Å². The number of fused-ring (bicyclic) bond motifs is 1. The van der Waals surface area contributed by atoms with Gasteiger partial charge in [-0.05, 0) is 49.2 Å². The Morgan fingerprint density at radius 1 is 0.727 bits per heavy atom. The molecule has 2 aliphatic rings. The number of aliphatic carboxylic acids is 1. The number of rotatable bonds is 8. The van der Waals surface area contributed by atoms with Gasteiger partial charge in [-0.1, -0.05) is 24.6 Å². The summed E-state index contributed by atoms with van der Waals surface area (Å²) >= 11 is 1.87. The zero-order valence-electron chi connectivity index (χ0n) is 23.2. The van der Waals surface area contributed by atoms with Gasteiger partial charge in [0.25, 0.3) is 0 Å². The molecule has 0 radical (unpaired) electrons. The van der Waals surface area contributed by atoms with Crippen molar-refractivity contribution in [2.24, 2.45) is 0 Å². The zero-order valence-corrected chi connectivity index (χ0v) is 25.3. The molecule has 2 saturated heterocycles. The van der Waals surface area contributed by atoms with E-state index in [0.29, 0.717) is 5.25 Å². The van der Waals surface area contributed by atoms with Crippen molar-refractivity contribution in [3.05, 3.63) is 90.3 Å². The number of carbonyl (C=O) groups excluding carboxylic acids is 1. The number of hydrogen-bond acceptors (Lipinski definition) is 9. The minimum absolute atomic E-state index is 0. The van der Waals surface area contributed by atoms with Gasteiger partial charge in [0.15, 0.2) is 0 Å². The van der Waals surface area contributed by atoms with Crippen LogP contribution in [0.25, 0.3) is 0 Å². The number of hydrogen-bond donors (Lipinski definition) is 6. The van der Waals surface area contributed by atoms with Gasteiger partial charge in [0.1, 0.15) is 17.1 Å². The summed E-state index contributed by atoms with van der Waals surface area (Å²) in [6.07, 6.45) is 7.22. The number of aromatic nitrogens is 3. The average Bonchev–Trinajstić information content (AvgIpc) is 3.56.